The van der Waals surface area contributed by atoms with Crippen LogP contribution < -0.4 is 10.6 Å². The molecule has 1 heterocycles. The van der Waals surface area contributed by atoms with Crippen molar-refractivity contribution in [2.45, 2.75) is 38.8 Å². The molecule has 8 nitrogen and oxygen atoms in total. The largest absolute Gasteiger partial charge is 0.451 e. The van der Waals surface area contributed by atoms with Crippen molar-refractivity contribution in [2.75, 3.05) is 11.9 Å². The summed E-state index contributed by atoms with van der Waals surface area (Å²) >= 11 is 11.9. The van der Waals surface area contributed by atoms with Crippen LogP contribution in [0.25, 0.3) is 0 Å². The molecule has 2 N–H and O–H groups in total. The number of hydrogen-bond donors (Lipinski definition) is 2. The maximum atomic E-state index is 12.3. The van der Waals surface area contributed by atoms with E-state index in [0.717, 1.165) is 4.90 Å². The average molecular weight is 416 g/mol. The minimum atomic E-state index is -1.19. The molecule has 0 bridgehead atoms. The van der Waals surface area contributed by atoms with Gasteiger partial charge in [-0.15, -0.1) is 0 Å². The number of carbonyl (C=O) groups excluding carboxylic acids is 4. The minimum absolute atomic E-state index is 0.196. The molecule has 146 valence electrons. The van der Waals surface area contributed by atoms with Crippen molar-refractivity contribution in [3.05, 3.63) is 28.2 Å². The molecular weight excluding hydrogens is 397 g/mol. The third kappa shape index (κ3) is 4.51. The van der Waals surface area contributed by atoms with Crippen LogP contribution in [0.15, 0.2) is 18.2 Å². The highest BCUT2D eigenvalue weighted by Gasteiger charge is 2.47. The summed E-state index contributed by atoms with van der Waals surface area (Å²) in [5.41, 5.74) is -0.859. The molecule has 1 aromatic rings. The highest BCUT2D eigenvalue weighted by molar-refractivity contribution is 6.39. The van der Waals surface area contributed by atoms with Crippen LogP contribution in [0.2, 0.25) is 10.0 Å². The van der Waals surface area contributed by atoms with Gasteiger partial charge in [0.2, 0.25) is 0 Å². The number of nitrogens with one attached hydrogen (secondary N) is 2. The molecule has 0 radical (unpaired) electrons. The molecule has 0 saturated carbocycles. The van der Waals surface area contributed by atoms with Crippen LogP contribution in [-0.4, -0.2) is 46.9 Å². The Balaban J connectivity index is 1.96. The van der Waals surface area contributed by atoms with Gasteiger partial charge >= 0.3 is 12.0 Å². The van der Waals surface area contributed by atoms with Gasteiger partial charge in [-0.2, -0.15) is 0 Å². The maximum Gasteiger partial charge on any atom is 0.327 e. The Hall–Kier alpha value is -2.32. The summed E-state index contributed by atoms with van der Waals surface area (Å²) in [5.74, 6) is -2.08. The normalized spacial score (nSPS) is 20.3. The van der Waals surface area contributed by atoms with Crippen LogP contribution in [0.3, 0.4) is 0 Å². The van der Waals surface area contributed by atoms with E-state index in [0.29, 0.717) is 6.42 Å². The highest BCUT2D eigenvalue weighted by atomic mass is 35.5. The number of para-hydroxylation sites is 1. The molecule has 0 unspecified atom stereocenters. The molecular formula is C17H19Cl2N3O5. The van der Waals surface area contributed by atoms with Crippen LogP contribution in [0.5, 0.6) is 0 Å². The quantitative estimate of drug-likeness (QED) is 0.548. The first-order valence-electron chi connectivity index (χ1n) is 8.17. The lowest BCUT2D eigenvalue weighted by atomic mass is 9.99. The van der Waals surface area contributed by atoms with Crippen molar-refractivity contribution in [2.24, 2.45) is 0 Å². The number of halogens is 2. The molecule has 4 amide bonds. The number of hydrogen-bond acceptors (Lipinski definition) is 5. The van der Waals surface area contributed by atoms with Gasteiger partial charge in [-0.05, 0) is 32.4 Å². The van der Waals surface area contributed by atoms with Crippen LogP contribution in [-0.2, 0) is 19.1 Å². The summed E-state index contributed by atoms with van der Waals surface area (Å²) in [4.78, 5) is 49.2. The molecule has 1 aliphatic rings. The van der Waals surface area contributed by atoms with Crippen molar-refractivity contribution in [3.63, 3.8) is 0 Å². The second-order valence-electron chi connectivity index (χ2n) is 6.23. The number of amides is 4. The van der Waals surface area contributed by atoms with Gasteiger partial charge in [0, 0.05) is 0 Å². The fourth-order valence-electron chi connectivity index (χ4n) is 2.39. The molecule has 1 aromatic carbocycles. The zero-order valence-corrected chi connectivity index (χ0v) is 16.5. The average Bonchev–Trinajstić information content (AvgIpc) is 2.81. The van der Waals surface area contributed by atoms with Crippen molar-refractivity contribution >= 4 is 52.7 Å². The van der Waals surface area contributed by atoms with E-state index in [1.54, 1.807) is 32.0 Å². The Kier molecular flexibility index (Phi) is 6.33. The molecule has 27 heavy (non-hydrogen) atoms. The van der Waals surface area contributed by atoms with E-state index in [2.05, 4.69) is 10.6 Å². The Labute approximate surface area is 166 Å². The van der Waals surface area contributed by atoms with Crippen molar-refractivity contribution in [1.82, 2.24) is 10.2 Å². The van der Waals surface area contributed by atoms with Crippen molar-refractivity contribution in [3.8, 4) is 0 Å². The first-order chi connectivity index (χ1) is 12.6. The number of rotatable bonds is 6. The van der Waals surface area contributed by atoms with Gasteiger partial charge in [-0.25, -0.2) is 4.79 Å². The molecule has 2 rings (SSSR count). The van der Waals surface area contributed by atoms with Gasteiger partial charge in [-0.3, -0.25) is 19.3 Å². The Morgan fingerprint density at radius 1 is 1.30 bits per heavy atom. The number of carbonyl (C=O) groups is 4. The Morgan fingerprint density at radius 2 is 1.89 bits per heavy atom. The van der Waals surface area contributed by atoms with E-state index >= 15 is 0 Å². The first kappa shape index (κ1) is 21.0. The van der Waals surface area contributed by atoms with Gasteiger partial charge in [0.15, 0.2) is 6.10 Å². The highest BCUT2D eigenvalue weighted by Crippen LogP contribution is 2.30. The van der Waals surface area contributed by atoms with Crippen LogP contribution in [0.1, 0.15) is 27.2 Å². The smallest absolute Gasteiger partial charge is 0.327 e. The van der Waals surface area contributed by atoms with E-state index in [1.807, 2.05) is 0 Å². The van der Waals surface area contributed by atoms with Crippen molar-refractivity contribution in [1.29, 1.82) is 0 Å². The fraction of sp³-hybridized carbons (Fsp3) is 0.412. The predicted octanol–water partition coefficient (Wildman–Crippen LogP) is 2.58. The molecule has 1 fully saturated rings. The summed E-state index contributed by atoms with van der Waals surface area (Å²) in [6, 6.07) is 4.03. The van der Waals surface area contributed by atoms with E-state index in [9.17, 15) is 19.2 Å². The number of imide groups is 1. The monoisotopic (exact) mass is 415 g/mol. The van der Waals surface area contributed by atoms with Crippen molar-refractivity contribution < 1.29 is 23.9 Å². The minimum Gasteiger partial charge on any atom is -0.451 e. The standard InChI is InChI=1S/C17H19Cl2N3O5/c1-4-17(3)15(25)22(16(26)21-17)8-12(23)27-9(2)14(24)20-13-10(18)6-5-7-11(13)19/h5-7,9H,4,8H2,1-3H3,(H,20,24)(H,21,26)/t9-,17-/m1/s1. The number of anilines is 1. The predicted molar refractivity (Wildman–Crippen MR) is 99.6 cm³/mol. The molecule has 0 spiro atoms. The summed E-state index contributed by atoms with van der Waals surface area (Å²) in [6.07, 6.45) is -0.816. The van der Waals surface area contributed by atoms with Gasteiger partial charge in [0.25, 0.3) is 11.8 Å². The summed E-state index contributed by atoms with van der Waals surface area (Å²) in [7, 11) is 0. The Morgan fingerprint density at radius 3 is 2.41 bits per heavy atom. The topological polar surface area (TPSA) is 105 Å². The zero-order chi connectivity index (χ0) is 20.4. The van der Waals surface area contributed by atoms with E-state index < -0.39 is 42.0 Å². The fourth-order valence-corrected chi connectivity index (χ4v) is 2.88. The molecule has 10 heteroatoms. The van der Waals surface area contributed by atoms with E-state index in [4.69, 9.17) is 27.9 Å². The van der Waals surface area contributed by atoms with Crippen LogP contribution in [0.4, 0.5) is 10.5 Å². The van der Waals surface area contributed by atoms with Crippen LogP contribution >= 0.6 is 23.2 Å². The number of nitrogens with zero attached hydrogens (tertiary/aromatic N) is 1. The van der Waals surface area contributed by atoms with Crippen LogP contribution in [0, 0.1) is 0 Å². The summed E-state index contributed by atoms with van der Waals surface area (Å²) < 4.78 is 5.01. The molecule has 0 aromatic heterocycles. The number of urea groups is 1. The van der Waals surface area contributed by atoms with E-state index in [-0.39, 0.29) is 15.7 Å². The molecule has 1 aliphatic heterocycles. The number of benzene rings is 1. The van der Waals surface area contributed by atoms with Gasteiger partial charge in [-0.1, -0.05) is 36.2 Å². The lowest BCUT2D eigenvalue weighted by molar-refractivity contribution is -0.155. The molecule has 2 atom stereocenters. The molecule has 1 saturated heterocycles. The number of ether oxygens (including phenoxy) is 1. The third-order valence-electron chi connectivity index (χ3n) is 4.23. The second-order valence-corrected chi connectivity index (χ2v) is 7.04. The second kappa shape index (κ2) is 8.14. The lowest BCUT2D eigenvalue weighted by Crippen LogP contribution is -2.44. The third-order valence-corrected chi connectivity index (χ3v) is 4.86. The summed E-state index contributed by atoms with van der Waals surface area (Å²) in [5, 5.41) is 5.46. The van der Waals surface area contributed by atoms with E-state index in [1.165, 1.54) is 6.92 Å². The van der Waals surface area contributed by atoms with Gasteiger partial charge in [0.1, 0.15) is 12.1 Å². The zero-order valence-electron chi connectivity index (χ0n) is 15.0. The summed E-state index contributed by atoms with van der Waals surface area (Å²) in [6.45, 7) is 4.07. The first-order valence-corrected chi connectivity index (χ1v) is 8.93. The number of esters is 1. The molecule has 0 aliphatic carbocycles. The van der Waals surface area contributed by atoms with Gasteiger partial charge < -0.3 is 15.4 Å². The lowest BCUT2D eigenvalue weighted by Gasteiger charge is -2.19. The maximum absolute atomic E-state index is 12.3. The SMILES string of the molecule is CC[C@@]1(C)NC(=O)N(CC(=O)O[C@H](C)C(=O)Nc2c(Cl)cccc2Cl)C1=O. The Bertz CT molecular complexity index is 781. The van der Waals surface area contributed by atoms with Gasteiger partial charge in [0.05, 0.1) is 15.7 Å².